The van der Waals surface area contributed by atoms with E-state index in [1.807, 2.05) is 35.9 Å². The highest BCUT2D eigenvalue weighted by atomic mass is 35.5. The molecule has 0 amide bonds. The molecule has 0 aliphatic rings. The Morgan fingerprint density at radius 3 is 2.59 bits per heavy atom. The summed E-state index contributed by atoms with van der Waals surface area (Å²) in [4.78, 5) is 5.39. The number of hydrogen-bond acceptors (Lipinski definition) is 3. The first-order valence-electron chi connectivity index (χ1n) is 5.19. The van der Waals surface area contributed by atoms with Gasteiger partial charge in [-0.1, -0.05) is 23.7 Å². The van der Waals surface area contributed by atoms with Gasteiger partial charge in [0.2, 0.25) is 0 Å². The SMILES string of the molecule is Cn1c(Cl)cnc1CSc1ccc(CO)cc1. The summed E-state index contributed by atoms with van der Waals surface area (Å²) in [6.07, 6.45) is 1.66. The second-order valence-corrected chi connectivity index (χ2v) is 5.08. The molecule has 1 heterocycles. The number of halogens is 1. The molecule has 1 N–H and O–H groups in total. The molecular formula is C12H13ClN2OS. The maximum absolute atomic E-state index is 8.94. The number of aliphatic hydroxyl groups is 1. The number of rotatable bonds is 4. The second-order valence-electron chi connectivity index (χ2n) is 3.65. The van der Waals surface area contributed by atoms with Crippen LogP contribution in [0.5, 0.6) is 0 Å². The molecule has 0 spiro atoms. The Hall–Kier alpha value is -0.970. The zero-order valence-electron chi connectivity index (χ0n) is 9.43. The van der Waals surface area contributed by atoms with Crippen LogP contribution in [0.15, 0.2) is 35.4 Å². The number of nitrogens with zero attached hydrogens (tertiary/aromatic N) is 2. The van der Waals surface area contributed by atoms with Gasteiger partial charge in [-0.05, 0) is 17.7 Å². The van der Waals surface area contributed by atoms with Crippen molar-refractivity contribution in [3.63, 3.8) is 0 Å². The molecule has 0 aliphatic carbocycles. The van der Waals surface area contributed by atoms with Crippen LogP contribution >= 0.6 is 23.4 Å². The molecule has 0 radical (unpaired) electrons. The molecule has 0 atom stereocenters. The maximum Gasteiger partial charge on any atom is 0.128 e. The molecule has 17 heavy (non-hydrogen) atoms. The first-order valence-corrected chi connectivity index (χ1v) is 6.55. The van der Waals surface area contributed by atoms with Gasteiger partial charge >= 0.3 is 0 Å². The summed E-state index contributed by atoms with van der Waals surface area (Å²) < 4.78 is 1.87. The largest absolute Gasteiger partial charge is 0.392 e. The van der Waals surface area contributed by atoms with Gasteiger partial charge in [0.15, 0.2) is 0 Å². The molecule has 0 fully saturated rings. The molecule has 1 aromatic carbocycles. The minimum absolute atomic E-state index is 0.0833. The fourth-order valence-electron chi connectivity index (χ4n) is 1.40. The molecule has 2 aromatic rings. The van der Waals surface area contributed by atoms with Crippen LogP contribution in [0.25, 0.3) is 0 Å². The Morgan fingerprint density at radius 1 is 1.35 bits per heavy atom. The lowest BCUT2D eigenvalue weighted by atomic mass is 10.2. The smallest absolute Gasteiger partial charge is 0.128 e. The summed E-state index contributed by atoms with van der Waals surface area (Å²) in [6, 6.07) is 7.85. The summed E-state index contributed by atoms with van der Waals surface area (Å²) in [5, 5.41) is 9.59. The molecule has 0 saturated carbocycles. The zero-order chi connectivity index (χ0) is 12.3. The highest BCUT2D eigenvalue weighted by Crippen LogP contribution is 2.23. The van der Waals surface area contributed by atoms with Gasteiger partial charge in [0, 0.05) is 11.9 Å². The summed E-state index contributed by atoms with van der Waals surface area (Å²) in [5.74, 6) is 1.73. The van der Waals surface area contributed by atoms with E-state index in [1.54, 1.807) is 18.0 Å². The topological polar surface area (TPSA) is 38.0 Å². The molecule has 0 saturated heterocycles. The fourth-order valence-corrected chi connectivity index (χ4v) is 2.44. The van der Waals surface area contributed by atoms with E-state index in [0.29, 0.717) is 5.15 Å². The van der Waals surface area contributed by atoms with Crippen molar-refractivity contribution < 1.29 is 5.11 Å². The molecule has 0 unspecified atom stereocenters. The summed E-state index contributed by atoms with van der Waals surface area (Å²) in [7, 11) is 1.90. The van der Waals surface area contributed by atoms with E-state index in [4.69, 9.17) is 16.7 Å². The van der Waals surface area contributed by atoms with Crippen LogP contribution in [-0.4, -0.2) is 14.7 Å². The molecule has 90 valence electrons. The monoisotopic (exact) mass is 268 g/mol. The lowest BCUT2D eigenvalue weighted by Gasteiger charge is -2.03. The van der Waals surface area contributed by atoms with Crippen molar-refractivity contribution in [2.75, 3.05) is 0 Å². The number of hydrogen-bond donors (Lipinski definition) is 1. The van der Waals surface area contributed by atoms with Gasteiger partial charge in [-0.25, -0.2) is 4.98 Å². The standard InChI is InChI=1S/C12H13ClN2OS/c1-15-11(13)6-14-12(15)8-17-10-4-2-9(7-16)3-5-10/h2-6,16H,7-8H2,1H3. The molecule has 1 aromatic heterocycles. The van der Waals surface area contributed by atoms with Crippen molar-refractivity contribution in [2.24, 2.45) is 7.05 Å². The summed E-state index contributed by atoms with van der Waals surface area (Å²) >= 11 is 7.61. The lowest BCUT2D eigenvalue weighted by molar-refractivity contribution is 0.282. The Labute approximate surface area is 109 Å². The fraction of sp³-hybridized carbons (Fsp3) is 0.250. The first-order chi connectivity index (χ1) is 8.20. The van der Waals surface area contributed by atoms with Gasteiger partial charge in [-0.15, -0.1) is 11.8 Å². The molecule has 3 nitrogen and oxygen atoms in total. The molecule has 0 aliphatic heterocycles. The van der Waals surface area contributed by atoms with Crippen LogP contribution in [0.4, 0.5) is 0 Å². The lowest BCUT2D eigenvalue weighted by Crippen LogP contribution is -1.95. The van der Waals surface area contributed by atoms with Crippen LogP contribution < -0.4 is 0 Å². The van der Waals surface area contributed by atoms with Gasteiger partial charge in [-0.3, -0.25) is 0 Å². The van der Waals surface area contributed by atoms with E-state index in [2.05, 4.69) is 4.98 Å². The highest BCUT2D eigenvalue weighted by molar-refractivity contribution is 7.98. The van der Waals surface area contributed by atoms with E-state index in [9.17, 15) is 0 Å². The third-order valence-corrected chi connectivity index (χ3v) is 3.86. The maximum atomic E-state index is 8.94. The van der Waals surface area contributed by atoms with E-state index >= 15 is 0 Å². The van der Waals surface area contributed by atoms with Gasteiger partial charge < -0.3 is 9.67 Å². The van der Waals surface area contributed by atoms with E-state index < -0.39 is 0 Å². The van der Waals surface area contributed by atoms with E-state index in [-0.39, 0.29) is 6.61 Å². The van der Waals surface area contributed by atoms with Crippen molar-refractivity contribution in [1.29, 1.82) is 0 Å². The number of aromatic nitrogens is 2. The molecule has 0 bridgehead atoms. The number of benzene rings is 1. The molecule has 2 rings (SSSR count). The Morgan fingerprint density at radius 2 is 2.06 bits per heavy atom. The number of imidazole rings is 1. The quantitative estimate of drug-likeness (QED) is 0.867. The predicted octanol–water partition coefficient (Wildman–Crippen LogP) is 2.86. The summed E-state index contributed by atoms with van der Waals surface area (Å²) in [5.41, 5.74) is 0.925. The minimum Gasteiger partial charge on any atom is -0.392 e. The van der Waals surface area contributed by atoms with Crippen LogP contribution in [0.3, 0.4) is 0 Å². The molecule has 5 heteroatoms. The highest BCUT2D eigenvalue weighted by Gasteiger charge is 2.04. The first kappa shape index (κ1) is 12.5. The van der Waals surface area contributed by atoms with Crippen LogP contribution in [0.1, 0.15) is 11.4 Å². The van der Waals surface area contributed by atoms with Crippen molar-refractivity contribution in [1.82, 2.24) is 9.55 Å². The zero-order valence-corrected chi connectivity index (χ0v) is 11.0. The van der Waals surface area contributed by atoms with Crippen LogP contribution in [0, 0.1) is 0 Å². The van der Waals surface area contributed by atoms with Crippen molar-refractivity contribution in [2.45, 2.75) is 17.3 Å². The molecular weight excluding hydrogens is 256 g/mol. The van der Waals surface area contributed by atoms with Crippen LogP contribution in [0.2, 0.25) is 5.15 Å². The minimum atomic E-state index is 0.0833. The Balaban J connectivity index is 2.00. The van der Waals surface area contributed by atoms with Gasteiger partial charge in [0.1, 0.15) is 11.0 Å². The number of aliphatic hydroxyl groups excluding tert-OH is 1. The average molecular weight is 269 g/mol. The Kier molecular flexibility index (Phi) is 4.10. The third kappa shape index (κ3) is 3.03. The van der Waals surface area contributed by atoms with Crippen molar-refractivity contribution in [3.05, 3.63) is 47.0 Å². The predicted molar refractivity (Wildman–Crippen MR) is 70.1 cm³/mol. The number of thioether (sulfide) groups is 1. The average Bonchev–Trinajstić information content (AvgIpc) is 2.68. The third-order valence-electron chi connectivity index (χ3n) is 2.50. The van der Waals surface area contributed by atoms with E-state index in [0.717, 1.165) is 22.0 Å². The van der Waals surface area contributed by atoms with E-state index in [1.165, 1.54) is 0 Å². The van der Waals surface area contributed by atoms with Crippen molar-refractivity contribution in [3.8, 4) is 0 Å². The van der Waals surface area contributed by atoms with Crippen molar-refractivity contribution >= 4 is 23.4 Å². The normalized spacial score (nSPS) is 10.8. The summed E-state index contributed by atoms with van der Waals surface area (Å²) in [6.45, 7) is 0.0833. The second kappa shape index (κ2) is 5.58. The Bertz CT molecular complexity index is 496. The van der Waals surface area contributed by atoms with Gasteiger partial charge in [-0.2, -0.15) is 0 Å². The van der Waals surface area contributed by atoms with Crippen LogP contribution in [-0.2, 0) is 19.4 Å². The van der Waals surface area contributed by atoms with Gasteiger partial charge in [0.25, 0.3) is 0 Å². The van der Waals surface area contributed by atoms with Gasteiger partial charge in [0.05, 0.1) is 18.6 Å².